The molecule has 0 aliphatic rings. The van der Waals surface area contributed by atoms with E-state index in [0.29, 0.717) is 16.9 Å². The van der Waals surface area contributed by atoms with Crippen molar-refractivity contribution >= 4 is 39.3 Å². The Kier molecular flexibility index (Phi) is 5.22. The van der Waals surface area contributed by atoms with Crippen LogP contribution in [-0.2, 0) is 12.8 Å². The van der Waals surface area contributed by atoms with Crippen LogP contribution in [0.15, 0.2) is 88.7 Å². The molecule has 7 nitrogen and oxygen atoms in total. The number of aryl methyl sites for hydroxylation is 1. The number of fused-ring (bicyclic) bond motifs is 4. The monoisotopic (exact) mass is 479 g/mol. The van der Waals surface area contributed by atoms with Crippen molar-refractivity contribution in [2.24, 2.45) is 7.05 Å². The Morgan fingerprint density at radius 2 is 1.71 bits per heavy atom. The van der Waals surface area contributed by atoms with Crippen LogP contribution in [0.5, 0.6) is 5.75 Å². The second-order valence-corrected chi connectivity index (χ2v) is 9.17. The zero-order valence-electron chi connectivity index (χ0n) is 19.2. The maximum atomic E-state index is 12.7. The van der Waals surface area contributed by atoms with Crippen LogP contribution in [0.3, 0.4) is 0 Å². The predicted octanol–water partition coefficient (Wildman–Crippen LogP) is 5.10. The molecule has 6 rings (SSSR count). The lowest BCUT2D eigenvalue weighted by Gasteiger charge is -2.11. The second kappa shape index (κ2) is 8.56. The highest BCUT2D eigenvalue weighted by Crippen LogP contribution is 2.34. The van der Waals surface area contributed by atoms with Crippen molar-refractivity contribution in [3.63, 3.8) is 0 Å². The van der Waals surface area contributed by atoms with Gasteiger partial charge in [-0.2, -0.15) is 0 Å². The number of benzene rings is 3. The molecule has 172 valence electrons. The molecule has 0 saturated heterocycles. The number of para-hydroxylation sites is 1. The molecule has 0 atom stereocenters. The minimum Gasteiger partial charge on any atom is -0.497 e. The molecule has 0 spiro atoms. The molecule has 0 bridgehead atoms. The summed E-state index contributed by atoms with van der Waals surface area (Å²) in [5.41, 5.74) is 3.82. The molecular formula is C27H21N5O2S. The minimum atomic E-state index is -0.0858. The van der Waals surface area contributed by atoms with Crippen molar-refractivity contribution in [2.75, 3.05) is 7.11 Å². The Morgan fingerprint density at radius 3 is 2.54 bits per heavy atom. The Balaban J connectivity index is 1.45. The number of hydrogen-bond donors (Lipinski definition) is 0. The highest BCUT2D eigenvalue weighted by molar-refractivity contribution is 7.98. The average molecular weight is 480 g/mol. The first-order valence-corrected chi connectivity index (χ1v) is 12.1. The summed E-state index contributed by atoms with van der Waals surface area (Å²) in [5.74, 6) is 2.58. The van der Waals surface area contributed by atoms with Gasteiger partial charge in [-0.3, -0.25) is 13.8 Å². The Morgan fingerprint density at radius 1 is 0.914 bits per heavy atom. The third kappa shape index (κ3) is 3.63. The van der Waals surface area contributed by atoms with Crippen LogP contribution in [0.2, 0.25) is 0 Å². The van der Waals surface area contributed by atoms with E-state index in [0.717, 1.165) is 44.1 Å². The molecule has 35 heavy (non-hydrogen) atoms. The number of pyridine rings is 1. The topological polar surface area (TPSA) is 74.3 Å². The third-order valence-electron chi connectivity index (χ3n) is 6.12. The fraction of sp³-hybridized carbons (Fsp3) is 0.111. The van der Waals surface area contributed by atoms with Gasteiger partial charge in [0.2, 0.25) is 5.78 Å². The van der Waals surface area contributed by atoms with Crippen molar-refractivity contribution in [3.8, 4) is 16.9 Å². The lowest BCUT2D eigenvalue weighted by Crippen LogP contribution is -2.20. The molecule has 0 aliphatic carbocycles. The largest absolute Gasteiger partial charge is 0.497 e. The molecule has 6 aromatic rings. The Hall–Kier alpha value is -4.17. The number of rotatable bonds is 5. The third-order valence-corrected chi connectivity index (χ3v) is 7.03. The van der Waals surface area contributed by atoms with Crippen LogP contribution in [0.1, 0.15) is 5.82 Å². The molecule has 0 radical (unpaired) electrons. The van der Waals surface area contributed by atoms with E-state index in [4.69, 9.17) is 9.72 Å². The summed E-state index contributed by atoms with van der Waals surface area (Å²) < 4.78 is 8.93. The van der Waals surface area contributed by atoms with E-state index >= 15 is 0 Å². The molecule has 0 unspecified atom stereocenters. The number of ether oxygens (including phenoxy) is 1. The summed E-state index contributed by atoms with van der Waals surface area (Å²) in [4.78, 5) is 17.7. The van der Waals surface area contributed by atoms with Gasteiger partial charge < -0.3 is 4.74 Å². The van der Waals surface area contributed by atoms with Crippen LogP contribution in [-0.4, -0.2) is 31.3 Å². The van der Waals surface area contributed by atoms with Crippen LogP contribution in [0, 0.1) is 0 Å². The average Bonchev–Trinajstić information content (AvgIpc) is 3.34. The van der Waals surface area contributed by atoms with Crippen molar-refractivity contribution in [1.29, 1.82) is 0 Å². The molecule has 3 heterocycles. The summed E-state index contributed by atoms with van der Waals surface area (Å²) >= 11 is 1.59. The van der Waals surface area contributed by atoms with Gasteiger partial charge in [0.1, 0.15) is 11.6 Å². The van der Waals surface area contributed by atoms with Gasteiger partial charge in [-0.05, 0) is 41.5 Å². The summed E-state index contributed by atoms with van der Waals surface area (Å²) in [6.07, 6.45) is 0. The normalized spacial score (nSPS) is 11.5. The first-order chi connectivity index (χ1) is 17.1. The fourth-order valence-electron chi connectivity index (χ4n) is 4.37. The lowest BCUT2D eigenvalue weighted by molar-refractivity contribution is 0.415. The number of thioether (sulfide) groups is 1. The van der Waals surface area contributed by atoms with E-state index in [9.17, 15) is 4.79 Å². The van der Waals surface area contributed by atoms with E-state index in [1.54, 1.807) is 25.9 Å². The second-order valence-electron chi connectivity index (χ2n) is 8.18. The smallest absolute Gasteiger partial charge is 0.262 e. The molecule has 0 N–H and O–H groups in total. The van der Waals surface area contributed by atoms with Crippen molar-refractivity contribution in [1.82, 2.24) is 24.1 Å². The van der Waals surface area contributed by atoms with Crippen LogP contribution in [0.25, 0.3) is 38.7 Å². The molecule has 0 amide bonds. The van der Waals surface area contributed by atoms with Crippen LogP contribution in [0.4, 0.5) is 0 Å². The number of nitrogens with zero attached hydrogens (tertiary/aromatic N) is 5. The van der Waals surface area contributed by atoms with E-state index in [1.807, 2.05) is 59.0 Å². The van der Waals surface area contributed by atoms with Gasteiger partial charge in [0.05, 0.1) is 34.3 Å². The summed E-state index contributed by atoms with van der Waals surface area (Å²) in [6, 6.07) is 25.9. The number of hydrogen-bond acceptors (Lipinski definition) is 6. The molecule has 0 saturated carbocycles. The van der Waals surface area contributed by atoms with Crippen LogP contribution < -0.4 is 10.3 Å². The van der Waals surface area contributed by atoms with E-state index in [1.165, 1.54) is 4.57 Å². The molecule has 8 heteroatoms. The maximum Gasteiger partial charge on any atom is 0.262 e. The van der Waals surface area contributed by atoms with E-state index in [-0.39, 0.29) is 5.56 Å². The van der Waals surface area contributed by atoms with Gasteiger partial charge in [-0.25, -0.2) is 4.98 Å². The molecule has 0 aliphatic heterocycles. The summed E-state index contributed by atoms with van der Waals surface area (Å²) in [5, 5.41) is 11.3. The lowest BCUT2D eigenvalue weighted by atomic mass is 10.0. The standard InChI is InChI=1S/C27H21N5O2S/c1-31-26(33)20-10-6-7-11-23(20)32-24(29-30-27(31)32)16-35-25-15-21(17-8-4-3-5-9-17)19-13-12-18(34-2)14-22(19)28-25/h3-15H,16H2,1-2H3. The van der Waals surface area contributed by atoms with Crippen LogP contribution >= 0.6 is 11.8 Å². The number of methoxy groups -OCH3 is 1. The highest BCUT2D eigenvalue weighted by Gasteiger charge is 2.16. The van der Waals surface area contributed by atoms with Crippen molar-refractivity contribution < 1.29 is 4.74 Å². The van der Waals surface area contributed by atoms with Gasteiger partial charge in [0.25, 0.3) is 5.56 Å². The minimum absolute atomic E-state index is 0.0858. The van der Waals surface area contributed by atoms with Gasteiger partial charge >= 0.3 is 0 Å². The zero-order chi connectivity index (χ0) is 23.9. The summed E-state index contributed by atoms with van der Waals surface area (Å²) in [6.45, 7) is 0. The molecule has 3 aromatic heterocycles. The van der Waals surface area contributed by atoms with E-state index in [2.05, 4.69) is 34.5 Å². The molecular weight excluding hydrogens is 458 g/mol. The maximum absolute atomic E-state index is 12.7. The van der Waals surface area contributed by atoms with Crippen molar-refractivity contribution in [2.45, 2.75) is 10.8 Å². The first-order valence-electron chi connectivity index (χ1n) is 11.1. The van der Waals surface area contributed by atoms with E-state index < -0.39 is 0 Å². The van der Waals surface area contributed by atoms with Gasteiger partial charge in [-0.15, -0.1) is 10.2 Å². The molecule has 3 aromatic carbocycles. The first kappa shape index (κ1) is 21.4. The molecule has 0 fully saturated rings. The predicted molar refractivity (Wildman–Crippen MR) is 139 cm³/mol. The quantitative estimate of drug-likeness (QED) is 0.321. The van der Waals surface area contributed by atoms with Gasteiger partial charge in [-0.1, -0.05) is 54.2 Å². The number of aromatic nitrogens is 5. The Labute approximate surface area is 205 Å². The van der Waals surface area contributed by atoms with Gasteiger partial charge in [0, 0.05) is 18.5 Å². The zero-order valence-corrected chi connectivity index (χ0v) is 20.0. The summed E-state index contributed by atoms with van der Waals surface area (Å²) in [7, 11) is 3.38. The fourth-order valence-corrected chi connectivity index (χ4v) is 5.19. The Bertz CT molecular complexity index is 1780. The van der Waals surface area contributed by atoms with Crippen molar-refractivity contribution in [3.05, 3.63) is 95.0 Å². The van der Waals surface area contributed by atoms with Gasteiger partial charge in [0.15, 0.2) is 0 Å². The SMILES string of the molecule is COc1ccc2c(-c3ccccc3)cc(SCc3nnc4n(C)c(=O)c5ccccc5n34)nc2c1. The highest BCUT2D eigenvalue weighted by atomic mass is 32.2.